The molecule has 2 aromatic rings. The zero-order valence-corrected chi connectivity index (χ0v) is 14.2. The summed E-state index contributed by atoms with van der Waals surface area (Å²) >= 11 is 0. The molecule has 0 radical (unpaired) electrons. The van der Waals surface area contributed by atoms with Crippen molar-refractivity contribution in [3.8, 4) is 6.07 Å². The first-order chi connectivity index (χ1) is 12.8. The summed E-state index contributed by atoms with van der Waals surface area (Å²) in [5, 5.41) is 22.9. The number of hydrogen-bond donors (Lipinski definition) is 2. The summed E-state index contributed by atoms with van der Waals surface area (Å²) < 4.78 is 0. The molecule has 0 unspecified atom stereocenters. The number of nitro groups is 1. The van der Waals surface area contributed by atoms with E-state index in [9.17, 15) is 25.0 Å². The first kappa shape index (κ1) is 19.1. The third-order valence-corrected chi connectivity index (χ3v) is 3.49. The van der Waals surface area contributed by atoms with Crippen LogP contribution in [-0.2, 0) is 9.59 Å². The minimum Gasteiger partial charge on any atom is -0.399 e. The lowest BCUT2D eigenvalue weighted by Gasteiger charge is -2.19. The van der Waals surface area contributed by atoms with Crippen molar-refractivity contribution in [1.82, 2.24) is 0 Å². The Morgan fingerprint density at radius 1 is 1.22 bits per heavy atom. The largest absolute Gasteiger partial charge is 0.399 e. The van der Waals surface area contributed by atoms with Gasteiger partial charge < -0.3 is 11.1 Å². The lowest BCUT2D eigenvalue weighted by atomic mass is 10.2. The lowest BCUT2D eigenvalue weighted by molar-refractivity contribution is -0.383. The molecule has 0 aliphatic rings. The Labute approximate surface area is 154 Å². The number of anilines is 3. The van der Waals surface area contributed by atoms with Crippen molar-refractivity contribution < 1.29 is 14.5 Å². The molecule has 2 rings (SSSR count). The van der Waals surface area contributed by atoms with Crippen molar-refractivity contribution in [1.29, 1.82) is 5.26 Å². The Morgan fingerprint density at radius 3 is 2.41 bits per heavy atom. The van der Waals surface area contributed by atoms with Gasteiger partial charge in [0.25, 0.3) is 11.6 Å². The molecule has 3 N–H and O–H groups in total. The minimum absolute atomic E-state index is 0.102. The van der Waals surface area contributed by atoms with Gasteiger partial charge in [0.2, 0.25) is 5.91 Å². The van der Waals surface area contributed by atoms with Crippen LogP contribution in [0.1, 0.15) is 6.92 Å². The third-order valence-electron chi connectivity index (χ3n) is 3.49. The van der Waals surface area contributed by atoms with Crippen LogP contribution in [0, 0.1) is 21.4 Å². The molecule has 0 atom stereocenters. The second-order valence-electron chi connectivity index (χ2n) is 5.34. The molecule has 0 saturated heterocycles. The van der Waals surface area contributed by atoms with E-state index >= 15 is 0 Å². The molecule has 9 heteroatoms. The van der Waals surface area contributed by atoms with E-state index in [1.165, 1.54) is 49.4 Å². The zero-order valence-electron chi connectivity index (χ0n) is 14.2. The normalized spacial score (nSPS) is 10.6. The van der Waals surface area contributed by atoms with Gasteiger partial charge in [-0.25, -0.2) is 4.90 Å². The topological polar surface area (TPSA) is 142 Å². The summed E-state index contributed by atoms with van der Waals surface area (Å²) in [5.74, 6) is -1.47. The fourth-order valence-corrected chi connectivity index (χ4v) is 2.23. The Bertz CT molecular complexity index is 960. The molecule has 0 aliphatic heterocycles. The Balaban J connectivity index is 2.35. The highest BCUT2D eigenvalue weighted by Crippen LogP contribution is 2.24. The Kier molecular flexibility index (Phi) is 5.86. The quantitative estimate of drug-likeness (QED) is 0.272. The number of nitriles is 1. The van der Waals surface area contributed by atoms with E-state index in [1.807, 2.05) is 0 Å². The fourth-order valence-electron chi connectivity index (χ4n) is 2.23. The summed E-state index contributed by atoms with van der Waals surface area (Å²) in [5.41, 5.74) is 5.77. The standard InChI is InChI=1S/C18H15N5O4/c1-12(24)22(15-8-6-14(20)7-9-15)18(25)13(10-19)11-21-16-4-2-3-5-17(16)23(26)27/h2-9,11,21H,20H2,1H3/b13-11-. The summed E-state index contributed by atoms with van der Waals surface area (Å²) in [6.07, 6.45) is 1.03. The summed E-state index contributed by atoms with van der Waals surface area (Å²) in [4.78, 5) is 35.8. The molecule has 0 saturated carbocycles. The van der Waals surface area contributed by atoms with E-state index in [0.717, 1.165) is 11.1 Å². The van der Waals surface area contributed by atoms with E-state index in [2.05, 4.69) is 5.32 Å². The molecule has 136 valence electrons. The van der Waals surface area contributed by atoms with Crippen LogP contribution in [0.2, 0.25) is 0 Å². The van der Waals surface area contributed by atoms with Crippen LogP contribution in [0.4, 0.5) is 22.7 Å². The molecule has 2 amide bonds. The number of rotatable bonds is 5. The van der Waals surface area contributed by atoms with E-state index < -0.39 is 22.3 Å². The van der Waals surface area contributed by atoms with Crippen LogP contribution < -0.4 is 16.0 Å². The van der Waals surface area contributed by atoms with Gasteiger partial charge >= 0.3 is 0 Å². The molecule has 0 fully saturated rings. The number of carbonyl (C=O) groups excluding carboxylic acids is 2. The number of para-hydroxylation sites is 2. The fraction of sp³-hybridized carbons (Fsp3) is 0.0556. The molecule has 0 heterocycles. The first-order valence-corrected chi connectivity index (χ1v) is 7.66. The van der Waals surface area contributed by atoms with E-state index in [0.29, 0.717) is 5.69 Å². The van der Waals surface area contributed by atoms with Gasteiger partial charge in [-0.05, 0) is 30.3 Å². The monoisotopic (exact) mass is 365 g/mol. The van der Waals surface area contributed by atoms with Gasteiger partial charge in [-0.2, -0.15) is 5.26 Å². The Morgan fingerprint density at radius 2 is 1.85 bits per heavy atom. The number of nitrogens with zero attached hydrogens (tertiary/aromatic N) is 3. The van der Waals surface area contributed by atoms with Crippen LogP contribution in [0.25, 0.3) is 0 Å². The highest BCUT2D eigenvalue weighted by atomic mass is 16.6. The number of carbonyl (C=O) groups is 2. The molecule has 0 aliphatic carbocycles. The predicted octanol–water partition coefficient (Wildman–Crippen LogP) is 2.58. The highest BCUT2D eigenvalue weighted by molar-refractivity contribution is 6.21. The van der Waals surface area contributed by atoms with Gasteiger partial charge in [-0.1, -0.05) is 12.1 Å². The van der Waals surface area contributed by atoms with Gasteiger partial charge in [0, 0.05) is 24.9 Å². The summed E-state index contributed by atoms with van der Waals surface area (Å²) in [7, 11) is 0. The number of benzene rings is 2. The number of nitrogens with two attached hydrogens (primary N) is 1. The number of nitro benzene ring substituents is 1. The van der Waals surface area contributed by atoms with Gasteiger partial charge in [0.05, 0.1) is 10.6 Å². The second-order valence-corrected chi connectivity index (χ2v) is 5.34. The molecule has 2 aromatic carbocycles. The Hall–Kier alpha value is -4.19. The highest BCUT2D eigenvalue weighted by Gasteiger charge is 2.24. The van der Waals surface area contributed by atoms with E-state index in [-0.39, 0.29) is 17.1 Å². The molecule has 0 spiro atoms. The molecule has 0 bridgehead atoms. The minimum atomic E-state index is -0.874. The molecule has 27 heavy (non-hydrogen) atoms. The SMILES string of the molecule is CC(=O)N(C(=O)/C(C#N)=C\Nc1ccccc1[N+](=O)[O-])c1ccc(N)cc1. The van der Waals surface area contributed by atoms with Crippen molar-refractivity contribution >= 4 is 34.6 Å². The first-order valence-electron chi connectivity index (χ1n) is 7.66. The number of nitrogens with one attached hydrogen (secondary N) is 1. The lowest BCUT2D eigenvalue weighted by Crippen LogP contribution is -2.36. The van der Waals surface area contributed by atoms with Crippen LogP contribution >= 0.6 is 0 Å². The van der Waals surface area contributed by atoms with Crippen molar-refractivity contribution in [3.63, 3.8) is 0 Å². The molecule has 0 aromatic heterocycles. The van der Waals surface area contributed by atoms with Gasteiger partial charge in [-0.15, -0.1) is 0 Å². The molecular weight excluding hydrogens is 350 g/mol. The van der Waals surface area contributed by atoms with Crippen molar-refractivity contribution in [2.45, 2.75) is 6.92 Å². The van der Waals surface area contributed by atoms with Gasteiger partial charge in [0.1, 0.15) is 17.3 Å². The third kappa shape index (κ3) is 4.46. The van der Waals surface area contributed by atoms with Gasteiger partial charge in [0.15, 0.2) is 0 Å². The molecular formula is C18H15N5O4. The zero-order chi connectivity index (χ0) is 20.0. The number of hydrogen-bond acceptors (Lipinski definition) is 7. The summed E-state index contributed by atoms with van der Waals surface area (Å²) in [6, 6.07) is 13.4. The number of nitrogen functional groups attached to an aromatic ring is 1. The smallest absolute Gasteiger partial charge is 0.292 e. The van der Waals surface area contributed by atoms with Crippen LogP contribution in [0.15, 0.2) is 60.3 Å². The maximum Gasteiger partial charge on any atom is 0.292 e. The number of imide groups is 1. The maximum absolute atomic E-state index is 12.7. The van der Waals surface area contributed by atoms with Crippen LogP contribution in [-0.4, -0.2) is 16.7 Å². The average molecular weight is 365 g/mol. The number of amides is 2. The van der Waals surface area contributed by atoms with E-state index in [1.54, 1.807) is 12.1 Å². The van der Waals surface area contributed by atoms with Crippen molar-refractivity contribution in [2.75, 3.05) is 16.0 Å². The van der Waals surface area contributed by atoms with Crippen LogP contribution in [0.3, 0.4) is 0 Å². The predicted molar refractivity (Wildman–Crippen MR) is 99.4 cm³/mol. The van der Waals surface area contributed by atoms with Gasteiger partial charge in [-0.3, -0.25) is 19.7 Å². The molecule has 9 nitrogen and oxygen atoms in total. The van der Waals surface area contributed by atoms with Crippen LogP contribution in [0.5, 0.6) is 0 Å². The van der Waals surface area contributed by atoms with E-state index in [4.69, 9.17) is 5.73 Å². The second kappa shape index (κ2) is 8.26. The maximum atomic E-state index is 12.7. The van der Waals surface area contributed by atoms with Crippen molar-refractivity contribution in [2.24, 2.45) is 0 Å². The average Bonchev–Trinajstić information content (AvgIpc) is 2.64. The van der Waals surface area contributed by atoms with Crippen molar-refractivity contribution in [3.05, 3.63) is 70.4 Å². The summed E-state index contributed by atoms with van der Waals surface area (Å²) in [6.45, 7) is 1.18.